The van der Waals surface area contributed by atoms with E-state index in [1.165, 1.54) is 0 Å². The van der Waals surface area contributed by atoms with Gasteiger partial charge in [-0.2, -0.15) is 4.98 Å². The smallest absolute Gasteiger partial charge is 0.251 e. The summed E-state index contributed by atoms with van der Waals surface area (Å²) < 4.78 is 6.12. The Morgan fingerprint density at radius 1 is 1.21 bits per heavy atom. The van der Waals surface area contributed by atoms with Crippen LogP contribution in [0, 0.1) is 6.92 Å². The maximum Gasteiger partial charge on any atom is 0.251 e. The van der Waals surface area contributed by atoms with Crippen molar-refractivity contribution in [2.24, 2.45) is 0 Å². The van der Waals surface area contributed by atoms with Gasteiger partial charge < -0.3 is 9.84 Å². The molecule has 2 aromatic carbocycles. The third-order valence-electron chi connectivity index (χ3n) is 3.46. The highest BCUT2D eigenvalue weighted by Gasteiger charge is 2.10. The van der Waals surface area contributed by atoms with Crippen molar-refractivity contribution in [2.75, 3.05) is 6.54 Å². The number of carbonyl (C=O) groups is 1. The SMILES string of the molecule is Cc1cccc(-c2noc(CCNC(=O)c3cccc(Br)c3)n2)c1. The first-order chi connectivity index (χ1) is 11.6. The molecule has 6 heteroatoms. The number of hydrogen-bond donors (Lipinski definition) is 1. The molecule has 0 saturated carbocycles. The highest BCUT2D eigenvalue weighted by molar-refractivity contribution is 9.10. The lowest BCUT2D eigenvalue weighted by molar-refractivity contribution is 0.0953. The number of nitrogens with zero attached hydrogens (tertiary/aromatic N) is 2. The number of hydrogen-bond acceptors (Lipinski definition) is 4. The molecule has 0 atom stereocenters. The molecular formula is C18H16BrN3O2. The van der Waals surface area contributed by atoms with Gasteiger partial charge in [0, 0.05) is 28.6 Å². The highest BCUT2D eigenvalue weighted by atomic mass is 79.9. The molecule has 1 aromatic heterocycles. The molecule has 24 heavy (non-hydrogen) atoms. The van der Waals surface area contributed by atoms with Crippen LogP contribution in [-0.4, -0.2) is 22.6 Å². The lowest BCUT2D eigenvalue weighted by atomic mass is 10.1. The predicted octanol–water partition coefficient (Wildman–Crippen LogP) is 3.78. The van der Waals surface area contributed by atoms with Gasteiger partial charge >= 0.3 is 0 Å². The first-order valence-corrected chi connectivity index (χ1v) is 8.34. The van der Waals surface area contributed by atoms with E-state index in [2.05, 4.69) is 31.4 Å². The fraction of sp³-hybridized carbons (Fsp3) is 0.167. The van der Waals surface area contributed by atoms with Crippen LogP contribution < -0.4 is 5.32 Å². The first-order valence-electron chi connectivity index (χ1n) is 7.55. The fourth-order valence-corrected chi connectivity index (χ4v) is 2.67. The van der Waals surface area contributed by atoms with E-state index in [1.54, 1.807) is 12.1 Å². The molecule has 5 nitrogen and oxygen atoms in total. The normalized spacial score (nSPS) is 10.6. The van der Waals surface area contributed by atoms with Crippen LogP contribution in [0.3, 0.4) is 0 Å². The first kappa shape index (κ1) is 16.4. The molecule has 1 amide bonds. The van der Waals surface area contributed by atoms with Gasteiger partial charge in [-0.3, -0.25) is 4.79 Å². The number of aryl methyl sites for hydroxylation is 1. The van der Waals surface area contributed by atoms with Crippen molar-refractivity contribution in [2.45, 2.75) is 13.3 Å². The lowest BCUT2D eigenvalue weighted by Gasteiger charge is -2.03. The number of rotatable bonds is 5. The largest absolute Gasteiger partial charge is 0.352 e. The Bertz CT molecular complexity index is 861. The second-order valence-corrected chi connectivity index (χ2v) is 6.31. The van der Waals surface area contributed by atoms with Gasteiger partial charge in [-0.15, -0.1) is 0 Å². The van der Waals surface area contributed by atoms with Crippen molar-refractivity contribution in [3.05, 3.63) is 70.0 Å². The van der Waals surface area contributed by atoms with Crippen LogP contribution >= 0.6 is 15.9 Å². The average molecular weight is 386 g/mol. The van der Waals surface area contributed by atoms with Gasteiger partial charge in [-0.05, 0) is 31.2 Å². The van der Waals surface area contributed by atoms with Gasteiger partial charge in [0.05, 0.1) is 0 Å². The Hall–Kier alpha value is -2.47. The van der Waals surface area contributed by atoms with Crippen LogP contribution in [0.25, 0.3) is 11.4 Å². The number of benzene rings is 2. The van der Waals surface area contributed by atoms with Crippen LogP contribution in [0.4, 0.5) is 0 Å². The minimum atomic E-state index is -0.130. The Morgan fingerprint density at radius 2 is 2.04 bits per heavy atom. The van der Waals surface area contributed by atoms with Crippen LogP contribution in [0.5, 0.6) is 0 Å². The summed E-state index contributed by atoms with van der Waals surface area (Å²) in [5.41, 5.74) is 2.67. The third-order valence-corrected chi connectivity index (χ3v) is 3.95. The van der Waals surface area contributed by atoms with Crippen molar-refractivity contribution in [1.82, 2.24) is 15.5 Å². The molecule has 122 valence electrons. The van der Waals surface area contributed by atoms with Gasteiger partial charge in [-0.25, -0.2) is 0 Å². The van der Waals surface area contributed by atoms with E-state index in [9.17, 15) is 4.79 Å². The second-order valence-electron chi connectivity index (χ2n) is 5.40. The summed E-state index contributed by atoms with van der Waals surface area (Å²) >= 11 is 3.35. The molecule has 0 aliphatic carbocycles. The Morgan fingerprint density at radius 3 is 2.83 bits per heavy atom. The molecule has 3 aromatic rings. The summed E-state index contributed by atoms with van der Waals surface area (Å²) in [7, 11) is 0. The van der Waals surface area contributed by atoms with E-state index in [4.69, 9.17) is 4.52 Å². The molecule has 0 radical (unpaired) electrons. The summed E-state index contributed by atoms with van der Waals surface area (Å²) in [5.74, 6) is 0.933. The van der Waals surface area contributed by atoms with E-state index in [-0.39, 0.29) is 5.91 Å². The van der Waals surface area contributed by atoms with Gasteiger partial charge in [-0.1, -0.05) is 50.9 Å². The summed E-state index contributed by atoms with van der Waals surface area (Å²) in [5, 5.41) is 6.84. The molecule has 3 rings (SSSR count). The molecule has 0 spiro atoms. The molecule has 1 N–H and O–H groups in total. The number of aromatic nitrogens is 2. The predicted molar refractivity (Wildman–Crippen MR) is 94.7 cm³/mol. The minimum absolute atomic E-state index is 0.130. The minimum Gasteiger partial charge on any atom is -0.352 e. The maximum atomic E-state index is 12.1. The quantitative estimate of drug-likeness (QED) is 0.725. The Balaban J connectivity index is 1.57. The maximum absolute atomic E-state index is 12.1. The van der Waals surface area contributed by atoms with Crippen molar-refractivity contribution < 1.29 is 9.32 Å². The lowest BCUT2D eigenvalue weighted by Crippen LogP contribution is -2.25. The number of carbonyl (C=O) groups excluding carboxylic acids is 1. The molecule has 0 aliphatic heterocycles. The van der Waals surface area contributed by atoms with Crippen LogP contribution in [-0.2, 0) is 6.42 Å². The topological polar surface area (TPSA) is 68.0 Å². The van der Waals surface area contributed by atoms with Crippen LogP contribution in [0.15, 0.2) is 57.5 Å². The van der Waals surface area contributed by atoms with Crippen molar-refractivity contribution >= 4 is 21.8 Å². The van der Waals surface area contributed by atoms with Gasteiger partial charge in [0.1, 0.15) is 0 Å². The molecular weight excluding hydrogens is 370 g/mol. The number of halogens is 1. The zero-order valence-corrected chi connectivity index (χ0v) is 14.7. The summed E-state index contributed by atoms with van der Waals surface area (Å²) in [4.78, 5) is 16.4. The van der Waals surface area contributed by atoms with Crippen molar-refractivity contribution in [3.63, 3.8) is 0 Å². The molecule has 0 bridgehead atoms. The standard InChI is InChI=1S/C18H16BrN3O2/c1-12-4-2-5-13(10-12)17-21-16(24-22-17)8-9-20-18(23)14-6-3-7-15(19)11-14/h2-7,10-11H,8-9H2,1H3,(H,20,23). The van der Waals surface area contributed by atoms with Crippen molar-refractivity contribution in [1.29, 1.82) is 0 Å². The zero-order valence-electron chi connectivity index (χ0n) is 13.1. The van der Waals surface area contributed by atoms with Crippen LogP contribution in [0.1, 0.15) is 21.8 Å². The van der Waals surface area contributed by atoms with E-state index >= 15 is 0 Å². The van der Waals surface area contributed by atoms with E-state index < -0.39 is 0 Å². The summed E-state index contributed by atoms with van der Waals surface area (Å²) in [6.45, 7) is 2.45. The summed E-state index contributed by atoms with van der Waals surface area (Å²) in [6.07, 6.45) is 0.485. The monoisotopic (exact) mass is 385 g/mol. The van der Waals surface area contributed by atoms with Crippen molar-refractivity contribution in [3.8, 4) is 11.4 Å². The van der Waals surface area contributed by atoms with Gasteiger partial charge in [0.2, 0.25) is 11.7 Å². The van der Waals surface area contributed by atoms with Crippen LogP contribution in [0.2, 0.25) is 0 Å². The second kappa shape index (κ2) is 7.40. The highest BCUT2D eigenvalue weighted by Crippen LogP contribution is 2.17. The molecule has 1 heterocycles. The average Bonchev–Trinajstić information content (AvgIpc) is 3.04. The zero-order chi connectivity index (χ0) is 16.9. The molecule has 0 fully saturated rings. The Kier molecular flexibility index (Phi) is 5.05. The van der Waals surface area contributed by atoms with Gasteiger partial charge in [0.15, 0.2) is 0 Å². The van der Waals surface area contributed by atoms with E-state index in [0.29, 0.717) is 30.2 Å². The molecule has 0 aliphatic rings. The third kappa shape index (κ3) is 4.08. The molecule has 0 saturated heterocycles. The molecule has 0 unspecified atom stereocenters. The Labute approximate surface area is 148 Å². The van der Waals surface area contributed by atoms with E-state index in [1.807, 2.05) is 43.3 Å². The summed E-state index contributed by atoms with van der Waals surface area (Å²) in [6, 6.07) is 15.2. The number of amides is 1. The van der Waals surface area contributed by atoms with Gasteiger partial charge in [0.25, 0.3) is 5.91 Å². The van der Waals surface area contributed by atoms with E-state index in [0.717, 1.165) is 15.6 Å². The fourth-order valence-electron chi connectivity index (χ4n) is 2.27. The number of nitrogens with one attached hydrogen (secondary N) is 1.